The molecule has 1 aromatic rings. The molecule has 0 bridgehead atoms. The molecule has 21 heavy (non-hydrogen) atoms. The van der Waals surface area contributed by atoms with Crippen molar-refractivity contribution in [3.8, 4) is 0 Å². The van der Waals surface area contributed by atoms with E-state index in [2.05, 4.69) is 0 Å². The Morgan fingerprint density at radius 3 is 2.86 bits per heavy atom. The van der Waals surface area contributed by atoms with Crippen molar-refractivity contribution in [3.05, 3.63) is 33.8 Å². The molecule has 1 heterocycles. The van der Waals surface area contributed by atoms with Crippen molar-refractivity contribution >= 4 is 35.0 Å². The molecule has 1 fully saturated rings. The molecule has 0 N–H and O–H groups in total. The van der Waals surface area contributed by atoms with Crippen LogP contribution in [-0.4, -0.2) is 25.3 Å². The number of unbranched alkanes of at least 4 members (excludes halogenated alkanes) is 1. The first-order valence-electron chi connectivity index (χ1n) is 7.50. The molecule has 0 aromatic heterocycles. The lowest BCUT2D eigenvalue weighted by atomic mass is 10.2. The first kappa shape index (κ1) is 17.4. The first-order chi connectivity index (χ1) is 10.3. The van der Waals surface area contributed by atoms with Gasteiger partial charge >= 0.3 is 0 Å². The molecular weight excluding hydrogens is 327 g/mol. The van der Waals surface area contributed by atoms with Gasteiger partial charge in [-0.15, -0.1) is 0 Å². The molecule has 0 amide bonds. The number of thioether (sulfide) groups is 1. The summed E-state index contributed by atoms with van der Waals surface area (Å²) in [5, 5.41) is 1.25. The monoisotopic (exact) mass is 348 g/mol. The maximum atomic E-state index is 6.00. The number of halogens is 2. The molecule has 1 atom stereocenters. The fraction of sp³-hybridized carbons (Fsp3) is 0.625. The van der Waals surface area contributed by atoms with Crippen LogP contribution >= 0.6 is 35.0 Å². The van der Waals surface area contributed by atoms with Crippen molar-refractivity contribution in [1.29, 1.82) is 0 Å². The standard InChI is InChI=1S/C16H22Cl2O2S/c17-14-7-6-13(11-15(14)18)12-21-10-4-3-9-20-16-5-1-2-8-19-16/h6-7,11,16H,1-5,8-10,12H2/t16-/m0/s1. The zero-order valence-corrected chi connectivity index (χ0v) is 14.5. The summed E-state index contributed by atoms with van der Waals surface area (Å²) in [5.74, 6) is 2.11. The van der Waals surface area contributed by atoms with E-state index < -0.39 is 0 Å². The molecule has 2 rings (SSSR count). The number of hydrogen-bond acceptors (Lipinski definition) is 3. The van der Waals surface area contributed by atoms with E-state index >= 15 is 0 Å². The van der Waals surface area contributed by atoms with Gasteiger partial charge in [-0.05, 0) is 55.6 Å². The molecule has 1 aliphatic heterocycles. The third kappa shape index (κ3) is 6.79. The molecular formula is C16H22Cl2O2S. The summed E-state index contributed by atoms with van der Waals surface area (Å²) >= 11 is 13.8. The lowest BCUT2D eigenvalue weighted by Gasteiger charge is -2.22. The zero-order chi connectivity index (χ0) is 14.9. The van der Waals surface area contributed by atoms with E-state index in [0.29, 0.717) is 10.0 Å². The maximum Gasteiger partial charge on any atom is 0.157 e. The van der Waals surface area contributed by atoms with Crippen LogP contribution in [-0.2, 0) is 15.2 Å². The second-order valence-corrected chi connectivity index (χ2v) is 7.09. The highest BCUT2D eigenvalue weighted by molar-refractivity contribution is 7.98. The fourth-order valence-corrected chi connectivity index (χ4v) is 3.47. The Kier molecular flexibility index (Phi) is 8.26. The van der Waals surface area contributed by atoms with E-state index in [1.165, 1.54) is 24.8 Å². The Hall–Kier alpha value is 0.0700. The van der Waals surface area contributed by atoms with Gasteiger partial charge in [-0.2, -0.15) is 11.8 Å². The Balaban J connectivity index is 1.48. The zero-order valence-electron chi connectivity index (χ0n) is 12.2. The second kappa shape index (κ2) is 9.96. The predicted octanol–water partition coefficient (Wildman–Crippen LogP) is 5.55. The van der Waals surface area contributed by atoms with Gasteiger partial charge in [0.25, 0.3) is 0 Å². The third-order valence-electron chi connectivity index (χ3n) is 3.38. The van der Waals surface area contributed by atoms with Crippen LogP contribution in [0.1, 0.15) is 37.7 Å². The van der Waals surface area contributed by atoms with Crippen LogP contribution in [0.4, 0.5) is 0 Å². The molecule has 0 aliphatic carbocycles. The van der Waals surface area contributed by atoms with Crippen LogP contribution in [0.15, 0.2) is 18.2 Å². The van der Waals surface area contributed by atoms with Gasteiger partial charge in [-0.3, -0.25) is 0 Å². The largest absolute Gasteiger partial charge is 0.353 e. The highest BCUT2D eigenvalue weighted by Crippen LogP contribution is 2.25. The van der Waals surface area contributed by atoms with E-state index in [-0.39, 0.29) is 6.29 Å². The molecule has 118 valence electrons. The van der Waals surface area contributed by atoms with E-state index in [4.69, 9.17) is 32.7 Å². The number of benzene rings is 1. The molecule has 1 saturated heterocycles. The number of rotatable bonds is 8. The molecule has 1 aliphatic rings. The summed E-state index contributed by atoms with van der Waals surface area (Å²) < 4.78 is 11.2. The summed E-state index contributed by atoms with van der Waals surface area (Å²) in [7, 11) is 0. The molecule has 2 nitrogen and oxygen atoms in total. The lowest BCUT2D eigenvalue weighted by molar-refractivity contribution is -0.162. The van der Waals surface area contributed by atoms with Gasteiger partial charge < -0.3 is 9.47 Å². The van der Waals surface area contributed by atoms with Gasteiger partial charge in [0.05, 0.1) is 10.0 Å². The topological polar surface area (TPSA) is 18.5 Å². The van der Waals surface area contributed by atoms with Crippen LogP contribution in [0.5, 0.6) is 0 Å². The maximum absolute atomic E-state index is 6.00. The van der Waals surface area contributed by atoms with Gasteiger partial charge in [-0.1, -0.05) is 29.3 Å². The molecule has 5 heteroatoms. The van der Waals surface area contributed by atoms with Gasteiger partial charge in [0.1, 0.15) is 0 Å². The van der Waals surface area contributed by atoms with Gasteiger partial charge in [0.15, 0.2) is 6.29 Å². The van der Waals surface area contributed by atoms with Crippen LogP contribution in [0.25, 0.3) is 0 Å². The van der Waals surface area contributed by atoms with Crippen molar-refractivity contribution in [2.24, 2.45) is 0 Å². The predicted molar refractivity (Wildman–Crippen MR) is 91.4 cm³/mol. The van der Waals surface area contributed by atoms with E-state index in [9.17, 15) is 0 Å². The Labute approximate surface area is 141 Å². The first-order valence-corrected chi connectivity index (χ1v) is 9.41. The summed E-state index contributed by atoms with van der Waals surface area (Å²) in [6, 6.07) is 5.84. The summed E-state index contributed by atoms with van der Waals surface area (Å²) in [5.41, 5.74) is 1.22. The minimum atomic E-state index is 0.0441. The summed E-state index contributed by atoms with van der Waals surface area (Å²) in [6.45, 7) is 1.65. The normalized spacial score (nSPS) is 18.9. The minimum Gasteiger partial charge on any atom is -0.353 e. The fourth-order valence-electron chi connectivity index (χ4n) is 2.18. The molecule has 1 aromatic carbocycles. The van der Waals surface area contributed by atoms with Crippen LogP contribution < -0.4 is 0 Å². The summed E-state index contributed by atoms with van der Waals surface area (Å²) in [6.07, 6.45) is 5.75. The Morgan fingerprint density at radius 2 is 2.10 bits per heavy atom. The van der Waals surface area contributed by atoms with Gasteiger partial charge in [0, 0.05) is 19.0 Å². The van der Waals surface area contributed by atoms with Crippen LogP contribution in [0.3, 0.4) is 0 Å². The van der Waals surface area contributed by atoms with Gasteiger partial charge in [-0.25, -0.2) is 0 Å². The Bertz CT molecular complexity index is 423. The highest BCUT2D eigenvalue weighted by Gasteiger charge is 2.13. The second-order valence-electron chi connectivity index (χ2n) is 5.18. The minimum absolute atomic E-state index is 0.0441. The van der Waals surface area contributed by atoms with Gasteiger partial charge in [0.2, 0.25) is 0 Å². The smallest absolute Gasteiger partial charge is 0.157 e. The molecule has 0 unspecified atom stereocenters. The lowest BCUT2D eigenvalue weighted by Crippen LogP contribution is -2.22. The quantitative estimate of drug-likeness (QED) is 0.573. The number of ether oxygens (including phenoxy) is 2. The average molecular weight is 349 g/mol. The Morgan fingerprint density at radius 1 is 1.19 bits per heavy atom. The SMILES string of the molecule is Clc1ccc(CSCCCCO[C@H]2CCCCO2)cc1Cl. The average Bonchev–Trinajstić information content (AvgIpc) is 2.51. The van der Waals surface area contributed by atoms with E-state index in [1.54, 1.807) is 0 Å². The van der Waals surface area contributed by atoms with Crippen molar-refractivity contribution in [1.82, 2.24) is 0 Å². The molecule has 0 spiro atoms. The molecule has 0 saturated carbocycles. The van der Waals surface area contributed by atoms with Crippen molar-refractivity contribution < 1.29 is 9.47 Å². The van der Waals surface area contributed by atoms with Crippen LogP contribution in [0.2, 0.25) is 10.0 Å². The molecule has 0 radical (unpaired) electrons. The highest BCUT2D eigenvalue weighted by atomic mass is 35.5. The van der Waals surface area contributed by atoms with Crippen molar-refractivity contribution in [2.45, 2.75) is 44.1 Å². The summed E-state index contributed by atoms with van der Waals surface area (Å²) in [4.78, 5) is 0. The number of hydrogen-bond donors (Lipinski definition) is 0. The third-order valence-corrected chi connectivity index (χ3v) is 5.23. The van der Waals surface area contributed by atoms with Crippen molar-refractivity contribution in [3.63, 3.8) is 0 Å². The van der Waals surface area contributed by atoms with E-state index in [0.717, 1.165) is 37.6 Å². The van der Waals surface area contributed by atoms with Crippen molar-refractivity contribution in [2.75, 3.05) is 19.0 Å². The van der Waals surface area contributed by atoms with E-state index in [1.807, 2.05) is 30.0 Å². The van der Waals surface area contributed by atoms with Crippen LogP contribution in [0, 0.1) is 0 Å².